The van der Waals surface area contributed by atoms with Crippen LogP contribution in [-0.2, 0) is 12.8 Å². The fourth-order valence-electron chi connectivity index (χ4n) is 3.42. The average molecular weight is 361 g/mol. The van der Waals surface area contributed by atoms with Crippen molar-refractivity contribution in [2.24, 2.45) is 0 Å². The Bertz CT molecular complexity index is 1050. The van der Waals surface area contributed by atoms with Gasteiger partial charge in [0.15, 0.2) is 5.78 Å². The molecule has 0 saturated heterocycles. The van der Waals surface area contributed by atoms with Crippen molar-refractivity contribution in [1.29, 1.82) is 0 Å². The van der Waals surface area contributed by atoms with Gasteiger partial charge < -0.3 is 10.1 Å². The second kappa shape index (κ2) is 6.72. The highest BCUT2D eigenvalue weighted by atomic mass is 16.5. The van der Waals surface area contributed by atoms with Gasteiger partial charge in [-0.1, -0.05) is 12.1 Å². The third kappa shape index (κ3) is 3.10. The number of rotatable bonds is 4. The molecule has 1 aliphatic rings. The van der Waals surface area contributed by atoms with Crippen LogP contribution in [0.3, 0.4) is 0 Å². The summed E-state index contributed by atoms with van der Waals surface area (Å²) < 4.78 is 5.29. The van der Waals surface area contributed by atoms with Gasteiger partial charge in [0.1, 0.15) is 11.4 Å². The number of benzene rings is 2. The molecule has 2 aromatic carbocycles. The van der Waals surface area contributed by atoms with Crippen LogP contribution in [0.25, 0.3) is 11.3 Å². The first kappa shape index (κ1) is 17.0. The number of carbonyl (C=O) groups is 2. The van der Waals surface area contributed by atoms with Crippen LogP contribution in [0.5, 0.6) is 5.75 Å². The maximum absolute atomic E-state index is 12.8. The average Bonchev–Trinajstić information content (AvgIpc) is 3.12. The van der Waals surface area contributed by atoms with Crippen LogP contribution >= 0.6 is 0 Å². The van der Waals surface area contributed by atoms with Crippen LogP contribution in [-0.4, -0.2) is 29.0 Å². The second-order valence-corrected chi connectivity index (χ2v) is 6.54. The lowest BCUT2D eigenvalue weighted by Gasteiger charge is -2.17. The van der Waals surface area contributed by atoms with Crippen molar-refractivity contribution < 1.29 is 14.3 Å². The molecule has 6 heteroatoms. The van der Waals surface area contributed by atoms with Gasteiger partial charge in [-0.15, -0.1) is 0 Å². The summed E-state index contributed by atoms with van der Waals surface area (Å²) in [7, 11) is 1.65. The number of aromatic nitrogens is 2. The van der Waals surface area contributed by atoms with Crippen LogP contribution in [0, 0.1) is 0 Å². The van der Waals surface area contributed by atoms with Gasteiger partial charge in [0, 0.05) is 22.4 Å². The van der Waals surface area contributed by atoms with Gasteiger partial charge in [-0.3, -0.25) is 14.7 Å². The third-order valence-corrected chi connectivity index (χ3v) is 4.83. The Labute approximate surface area is 156 Å². The van der Waals surface area contributed by atoms with E-state index < -0.39 is 0 Å². The Morgan fingerprint density at radius 2 is 2.00 bits per heavy atom. The van der Waals surface area contributed by atoms with Gasteiger partial charge in [-0.2, -0.15) is 5.10 Å². The van der Waals surface area contributed by atoms with Crippen LogP contribution in [0.2, 0.25) is 0 Å². The first-order valence-electron chi connectivity index (χ1n) is 8.73. The molecule has 1 amide bonds. The lowest BCUT2D eigenvalue weighted by atomic mass is 9.89. The molecule has 0 aliphatic heterocycles. The lowest BCUT2D eigenvalue weighted by molar-refractivity contribution is 0.100. The minimum absolute atomic E-state index is 0.0444. The molecule has 0 fully saturated rings. The molecule has 0 radical (unpaired) electrons. The number of aryl methyl sites for hydroxylation is 1. The highest BCUT2D eigenvalue weighted by Crippen LogP contribution is 2.35. The summed E-state index contributed by atoms with van der Waals surface area (Å²) in [5, 5.41) is 10.1. The topological polar surface area (TPSA) is 84.1 Å². The van der Waals surface area contributed by atoms with Gasteiger partial charge >= 0.3 is 0 Å². The van der Waals surface area contributed by atoms with Crippen molar-refractivity contribution >= 4 is 17.4 Å². The molecule has 1 aromatic heterocycles. The maximum atomic E-state index is 12.8. The molecule has 4 rings (SSSR count). The van der Waals surface area contributed by atoms with Crippen LogP contribution in [0.15, 0.2) is 42.5 Å². The smallest absolute Gasteiger partial charge is 0.273 e. The molecule has 3 aromatic rings. The van der Waals surface area contributed by atoms with E-state index in [-0.39, 0.29) is 11.7 Å². The molecule has 1 heterocycles. The predicted molar refractivity (Wildman–Crippen MR) is 102 cm³/mol. The number of hydrogen-bond acceptors (Lipinski definition) is 4. The number of carbonyl (C=O) groups excluding carboxylic acids is 2. The van der Waals surface area contributed by atoms with Crippen molar-refractivity contribution in [2.45, 2.75) is 19.8 Å². The molecule has 0 spiro atoms. The van der Waals surface area contributed by atoms with Gasteiger partial charge in [-0.05, 0) is 55.7 Å². The SMILES string of the molecule is COc1ccc2c(c1)CCc1c-2n[nH]c1C(=O)Nc1cccc(C(C)=O)c1. The molecule has 6 nitrogen and oxygen atoms in total. The summed E-state index contributed by atoms with van der Waals surface area (Å²) >= 11 is 0. The Hall–Kier alpha value is -3.41. The molecule has 0 saturated carbocycles. The summed E-state index contributed by atoms with van der Waals surface area (Å²) in [5.41, 5.74) is 5.49. The number of ketones is 1. The van der Waals surface area contributed by atoms with E-state index >= 15 is 0 Å². The summed E-state index contributed by atoms with van der Waals surface area (Å²) in [6.07, 6.45) is 1.54. The number of fused-ring (bicyclic) bond motifs is 3. The normalized spacial score (nSPS) is 12.1. The molecule has 2 N–H and O–H groups in total. The molecule has 1 aliphatic carbocycles. The second-order valence-electron chi connectivity index (χ2n) is 6.54. The van der Waals surface area contributed by atoms with E-state index in [0.717, 1.165) is 41.0 Å². The van der Waals surface area contributed by atoms with Gasteiger partial charge in [0.25, 0.3) is 5.91 Å². The highest BCUT2D eigenvalue weighted by Gasteiger charge is 2.25. The number of ether oxygens (including phenoxy) is 1. The van der Waals surface area contributed by atoms with E-state index in [1.54, 1.807) is 31.4 Å². The number of nitrogens with zero attached hydrogens (tertiary/aromatic N) is 1. The van der Waals surface area contributed by atoms with Gasteiger partial charge in [-0.25, -0.2) is 0 Å². The lowest BCUT2D eigenvalue weighted by Crippen LogP contribution is -2.16. The molecular formula is C21H19N3O3. The standard InChI is InChI=1S/C21H19N3O3/c1-12(25)13-4-3-5-15(10-13)22-21(26)20-18-8-6-14-11-16(27-2)7-9-17(14)19(18)23-24-20/h3-5,7,9-11H,6,8H2,1-2H3,(H,22,26)(H,23,24). The van der Waals surface area contributed by atoms with Crippen molar-refractivity contribution in [1.82, 2.24) is 10.2 Å². The van der Waals surface area contributed by atoms with Gasteiger partial charge in [0.05, 0.1) is 12.8 Å². The molecule has 0 bridgehead atoms. The first-order valence-corrected chi connectivity index (χ1v) is 8.73. The Balaban J connectivity index is 1.63. The van der Waals surface area contributed by atoms with Crippen LogP contribution in [0.1, 0.15) is 38.9 Å². The van der Waals surface area contributed by atoms with E-state index in [1.165, 1.54) is 6.92 Å². The molecule has 0 atom stereocenters. The number of hydrogen-bond donors (Lipinski definition) is 2. The monoisotopic (exact) mass is 361 g/mol. The zero-order chi connectivity index (χ0) is 19.0. The van der Waals surface area contributed by atoms with Crippen molar-refractivity contribution in [3.8, 4) is 17.0 Å². The van der Waals surface area contributed by atoms with Gasteiger partial charge in [0.2, 0.25) is 0 Å². The fourth-order valence-corrected chi connectivity index (χ4v) is 3.42. The number of H-pyrrole nitrogens is 1. The Morgan fingerprint density at radius 3 is 2.78 bits per heavy atom. The molecular weight excluding hydrogens is 342 g/mol. The van der Waals surface area contributed by atoms with E-state index in [9.17, 15) is 9.59 Å². The minimum atomic E-state index is -0.263. The number of aromatic amines is 1. The van der Waals surface area contributed by atoms with E-state index in [0.29, 0.717) is 16.9 Å². The summed E-state index contributed by atoms with van der Waals surface area (Å²) in [4.78, 5) is 24.3. The predicted octanol–water partition coefficient (Wildman–Crippen LogP) is 3.64. The fraction of sp³-hybridized carbons (Fsp3) is 0.190. The Kier molecular flexibility index (Phi) is 4.24. The summed E-state index contributed by atoms with van der Waals surface area (Å²) in [5.74, 6) is 0.509. The van der Waals surface area contributed by atoms with E-state index in [4.69, 9.17) is 4.74 Å². The maximum Gasteiger partial charge on any atom is 0.273 e. The van der Waals surface area contributed by atoms with Crippen molar-refractivity contribution in [2.75, 3.05) is 12.4 Å². The molecule has 136 valence electrons. The van der Waals surface area contributed by atoms with Crippen molar-refractivity contribution in [3.05, 3.63) is 64.8 Å². The number of amides is 1. The minimum Gasteiger partial charge on any atom is -0.497 e. The van der Waals surface area contributed by atoms with Crippen LogP contribution < -0.4 is 10.1 Å². The first-order chi connectivity index (χ1) is 13.1. The zero-order valence-corrected chi connectivity index (χ0v) is 15.1. The highest BCUT2D eigenvalue weighted by molar-refractivity contribution is 6.05. The van der Waals surface area contributed by atoms with Crippen molar-refractivity contribution in [3.63, 3.8) is 0 Å². The van der Waals surface area contributed by atoms with E-state index in [1.807, 2.05) is 18.2 Å². The number of methoxy groups -OCH3 is 1. The third-order valence-electron chi connectivity index (χ3n) is 4.83. The van der Waals surface area contributed by atoms with E-state index in [2.05, 4.69) is 15.5 Å². The number of nitrogens with one attached hydrogen (secondary N) is 2. The molecule has 0 unspecified atom stereocenters. The zero-order valence-electron chi connectivity index (χ0n) is 15.1. The largest absolute Gasteiger partial charge is 0.497 e. The number of Topliss-reactive ketones (excluding diaryl/α,β-unsaturated/α-hetero) is 1. The summed E-state index contributed by atoms with van der Waals surface area (Å²) in [6.45, 7) is 1.50. The Morgan fingerprint density at radius 1 is 1.15 bits per heavy atom. The molecule has 27 heavy (non-hydrogen) atoms. The quantitative estimate of drug-likeness (QED) is 0.695. The summed E-state index contributed by atoms with van der Waals surface area (Å²) in [6, 6.07) is 12.8. The number of anilines is 1. The van der Waals surface area contributed by atoms with Crippen LogP contribution in [0.4, 0.5) is 5.69 Å².